The lowest BCUT2D eigenvalue weighted by molar-refractivity contribution is 0.101. The molecule has 0 radical (unpaired) electrons. The quantitative estimate of drug-likeness (QED) is 0.738. The molecule has 128 valence electrons. The van der Waals surface area contributed by atoms with Crippen molar-refractivity contribution >= 4 is 28.8 Å². The minimum absolute atomic E-state index is 0.246. The normalized spacial score (nSPS) is 10.4. The number of aromatic nitrogens is 3. The van der Waals surface area contributed by atoms with E-state index in [9.17, 15) is 4.79 Å². The molecule has 1 aromatic carbocycles. The number of hydrogen-bond donors (Lipinski definition) is 2. The standard InChI is InChI=1S/C17H18N6O2/c1-11-8-15(22-25-11)17(24)20-13-6-4-12(5-7-13)19-16-9-14(23(2)3)10-18-21-16/h4-10H,1-3H3,(H,19,21)(H,20,24). The largest absolute Gasteiger partial charge is 0.376 e. The molecule has 0 aliphatic rings. The van der Waals surface area contributed by atoms with Crippen LogP contribution < -0.4 is 15.5 Å². The molecule has 0 aliphatic heterocycles. The summed E-state index contributed by atoms with van der Waals surface area (Å²) in [6, 6.07) is 10.7. The average molecular weight is 338 g/mol. The smallest absolute Gasteiger partial charge is 0.277 e. The Morgan fingerprint density at radius 1 is 1.12 bits per heavy atom. The van der Waals surface area contributed by atoms with E-state index in [-0.39, 0.29) is 11.6 Å². The first-order valence-corrected chi connectivity index (χ1v) is 7.63. The van der Waals surface area contributed by atoms with Gasteiger partial charge in [-0.05, 0) is 31.2 Å². The first-order chi connectivity index (χ1) is 12.0. The molecule has 0 spiro atoms. The molecule has 0 atom stereocenters. The van der Waals surface area contributed by atoms with Crippen molar-refractivity contribution in [3.63, 3.8) is 0 Å². The maximum atomic E-state index is 12.0. The van der Waals surface area contributed by atoms with E-state index in [1.807, 2.05) is 37.2 Å². The second kappa shape index (κ2) is 7.00. The highest BCUT2D eigenvalue weighted by atomic mass is 16.5. The summed E-state index contributed by atoms with van der Waals surface area (Å²) in [6.45, 7) is 1.73. The molecule has 2 N–H and O–H groups in total. The van der Waals surface area contributed by atoms with Crippen molar-refractivity contribution in [2.24, 2.45) is 0 Å². The van der Waals surface area contributed by atoms with Gasteiger partial charge in [0, 0.05) is 37.6 Å². The third kappa shape index (κ3) is 4.11. The molecule has 3 rings (SSSR count). The molecular formula is C17H18N6O2. The highest BCUT2D eigenvalue weighted by Gasteiger charge is 2.11. The first-order valence-electron chi connectivity index (χ1n) is 7.63. The number of nitrogens with zero attached hydrogens (tertiary/aromatic N) is 4. The molecule has 8 heteroatoms. The van der Waals surface area contributed by atoms with Crippen LogP contribution >= 0.6 is 0 Å². The third-order valence-electron chi connectivity index (χ3n) is 3.43. The van der Waals surface area contributed by atoms with Crippen LogP contribution in [0.25, 0.3) is 0 Å². The van der Waals surface area contributed by atoms with E-state index in [4.69, 9.17) is 4.52 Å². The number of anilines is 4. The number of rotatable bonds is 5. The minimum atomic E-state index is -0.317. The van der Waals surface area contributed by atoms with Crippen LogP contribution in [-0.2, 0) is 0 Å². The molecular weight excluding hydrogens is 320 g/mol. The fourth-order valence-electron chi connectivity index (χ4n) is 2.12. The summed E-state index contributed by atoms with van der Waals surface area (Å²) in [7, 11) is 3.88. The molecule has 1 amide bonds. The van der Waals surface area contributed by atoms with Gasteiger partial charge in [-0.2, -0.15) is 5.10 Å². The highest BCUT2D eigenvalue weighted by molar-refractivity contribution is 6.02. The number of carbonyl (C=O) groups excluding carboxylic acids is 1. The van der Waals surface area contributed by atoms with E-state index >= 15 is 0 Å². The maximum absolute atomic E-state index is 12.0. The number of aryl methyl sites for hydroxylation is 1. The summed E-state index contributed by atoms with van der Waals surface area (Å²) in [4.78, 5) is 14.0. The Labute approximate surface area is 144 Å². The number of carbonyl (C=O) groups is 1. The molecule has 0 aliphatic carbocycles. The molecule has 0 fully saturated rings. The SMILES string of the molecule is Cc1cc(C(=O)Nc2ccc(Nc3cc(N(C)C)cnn3)cc2)no1. The topological polar surface area (TPSA) is 96.2 Å². The van der Waals surface area contributed by atoms with Crippen LogP contribution in [0.2, 0.25) is 0 Å². The summed E-state index contributed by atoms with van der Waals surface area (Å²) in [5, 5.41) is 17.6. The van der Waals surface area contributed by atoms with Gasteiger partial charge in [-0.15, -0.1) is 5.10 Å². The van der Waals surface area contributed by atoms with Gasteiger partial charge in [-0.25, -0.2) is 0 Å². The van der Waals surface area contributed by atoms with E-state index in [0.717, 1.165) is 11.4 Å². The third-order valence-corrected chi connectivity index (χ3v) is 3.43. The Kier molecular flexibility index (Phi) is 4.60. The number of nitrogens with one attached hydrogen (secondary N) is 2. The molecule has 0 unspecified atom stereocenters. The lowest BCUT2D eigenvalue weighted by Crippen LogP contribution is -2.12. The summed E-state index contributed by atoms with van der Waals surface area (Å²) in [6.07, 6.45) is 1.69. The molecule has 0 saturated carbocycles. The molecule has 0 bridgehead atoms. The minimum Gasteiger partial charge on any atom is -0.376 e. The zero-order valence-corrected chi connectivity index (χ0v) is 14.1. The van der Waals surface area contributed by atoms with Gasteiger partial charge in [-0.3, -0.25) is 4.79 Å². The summed E-state index contributed by atoms with van der Waals surface area (Å²) < 4.78 is 4.90. The van der Waals surface area contributed by atoms with Gasteiger partial charge in [-0.1, -0.05) is 5.16 Å². The van der Waals surface area contributed by atoms with Crippen molar-refractivity contribution in [2.45, 2.75) is 6.92 Å². The summed E-state index contributed by atoms with van der Waals surface area (Å²) in [5.41, 5.74) is 2.68. The van der Waals surface area contributed by atoms with Gasteiger partial charge < -0.3 is 20.1 Å². The maximum Gasteiger partial charge on any atom is 0.277 e. The van der Waals surface area contributed by atoms with Crippen molar-refractivity contribution in [1.82, 2.24) is 15.4 Å². The summed E-state index contributed by atoms with van der Waals surface area (Å²) in [5.74, 6) is 0.911. The molecule has 2 aromatic heterocycles. The van der Waals surface area contributed by atoms with Crippen LogP contribution in [0.1, 0.15) is 16.2 Å². The van der Waals surface area contributed by atoms with Crippen LogP contribution in [-0.4, -0.2) is 35.4 Å². The van der Waals surface area contributed by atoms with Crippen LogP contribution in [0.5, 0.6) is 0 Å². The monoisotopic (exact) mass is 338 g/mol. The Morgan fingerprint density at radius 2 is 1.84 bits per heavy atom. The fourth-order valence-corrected chi connectivity index (χ4v) is 2.12. The fraction of sp³-hybridized carbons (Fsp3) is 0.176. The molecule has 8 nitrogen and oxygen atoms in total. The summed E-state index contributed by atoms with van der Waals surface area (Å²) >= 11 is 0. The lowest BCUT2D eigenvalue weighted by atomic mass is 10.2. The van der Waals surface area contributed by atoms with Gasteiger partial charge in [0.05, 0.1) is 11.9 Å². The second-order valence-corrected chi connectivity index (χ2v) is 5.67. The van der Waals surface area contributed by atoms with E-state index in [1.54, 1.807) is 31.3 Å². The van der Waals surface area contributed by atoms with Crippen LogP contribution in [0.4, 0.5) is 22.9 Å². The van der Waals surface area contributed by atoms with E-state index in [0.29, 0.717) is 17.3 Å². The van der Waals surface area contributed by atoms with Gasteiger partial charge >= 0.3 is 0 Å². The Bertz CT molecular complexity index is 873. The van der Waals surface area contributed by atoms with Crippen molar-refractivity contribution in [3.8, 4) is 0 Å². The van der Waals surface area contributed by atoms with Crippen molar-refractivity contribution in [2.75, 3.05) is 29.6 Å². The number of benzene rings is 1. The molecule has 3 aromatic rings. The van der Waals surface area contributed by atoms with E-state index in [2.05, 4.69) is 26.0 Å². The predicted octanol–water partition coefficient (Wildman–Crippen LogP) is 2.83. The van der Waals surface area contributed by atoms with E-state index in [1.165, 1.54) is 0 Å². The van der Waals surface area contributed by atoms with Gasteiger partial charge in [0.25, 0.3) is 5.91 Å². The average Bonchev–Trinajstić information content (AvgIpc) is 3.03. The Hall–Kier alpha value is -3.42. The highest BCUT2D eigenvalue weighted by Crippen LogP contribution is 2.20. The Balaban J connectivity index is 1.66. The first kappa shape index (κ1) is 16.4. The molecule has 2 heterocycles. The van der Waals surface area contributed by atoms with Crippen LogP contribution in [0, 0.1) is 6.92 Å². The number of hydrogen-bond acceptors (Lipinski definition) is 7. The zero-order chi connectivity index (χ0) is 17.8. The lowest BCUT2D eigenvalue weighted by Gasteiger charge is -2.13. The van der Waals surface area contributed by atoms with Gasteiger partial charge in [0.2, 0.25) is 0 Å². The molecule has 0 saturated heterocycles. The Morgan fingerprint density at radius 3 is 2.48 bits per heavy atom. The van der Waals surface area contributed by atoms with Gasteiger partial charge in [0.1, 0.15) is 5.76 Å². The number of amides is 1. The van der Waals surface area contributed by atoms with Crippen molar-refractivity contribution in [3.05, 3.63) is 54.0 Å². The predicted molar refractivity (Wildman–Crippen MR) is 95.3 cm³/mol. The zero-order valence-electron chi connectivity index (χ0n) is 14.1. The van der Waals surface area contributed by atoms with Crippen LogP contribution in [0.3, 0.4) is 0 Å². The molecule has 25 heavy (non-hydrogen) atoms. The van der Waals surface area contributed by atoms with E-state index < -0.39 is 0 Å². The van der Waals surface area contributed by atoms with Gasteiger partial charge in [0.15, 0.2) is 11.5 Å². The van der Waals surface area contributed by atoms with Crippen molar-refractivity contribution in [1.29, 1.82) is 0 Å². The van der Waals surface area contributed by atoms with Crippen LogP contribution in [0.15, 0.2) is 47.1 Å². The second-order valence-electron chi connectivity index (χ2n) is 5.67. The van der Waals surface area contributed by atoms with Crippen molar-refractivity contribution < 1.29 is 9.32 Å².